The Morgan fingerprint density at radius 1 is 1.33 bits per heavy atom. The predicted molar refractivity (Wildman–Crippen MR) is 47.1 cm³/mol. The van der Waals surface area contributed by atoms with Crippen LogP contribution in [0.15, 0.2) is 0 Å². The van der Waals surface area contributed by atoms with Crippen molar-refractivity contribution >= 4 is 0 Å². The standard InChI is InChI=1S/C10H18O2/c1-8(2)9-5-10(3-4-12-9)6-11-7-10/h8-9H,3-7H2,1-2H3. The van der Waals surface area contributed by atoms with Gasteiger partial charge in [0.15, 0.2) is 0 Å². The van der Waals surface area contributed by atoms with Crippen molar-refractivity contribution in [3.63, 3.8) is 0 Å². The molecule has 1 unspecified atom stereocenters. The summed E-state index contributed by atoms with van der Waals surface area (Å²) in [5, 5.41) is 0. The highest BCUT2D eigenvalue weighted by atomic mass is 16.5. The van der Waals surface area contributed by atoms with Crippen molar-refractivity contribution in [2.45, 2.75) is 32.8 Å². The lowest BCUT2D eigenvalue weighted by Crippen LogP contribution is -2.50. The van der Waals surface area contributed by atoms with Crippen LogP contribution in [0.4, 0.5) is 0 Å². The third kappa shape index (κ3) is 1.38. The summed E-state index contributed by atoms with van der Waals surface area (Å²) in [6.45, 7) is 7.36. The maximum atomic E-state index is 5.71. The first kappa shape index (κ1) is 8.52. The summed E-state index contributed by atoms with van der Waals surface area (Å²) in [6, 6.07) is 0. The van der Waals surface area contributed by atoms with Crippen LogP contribution < -0.4 is 0 Å². The fraction of sp³-hybridized carbons (Fsp3) is 1.00. The van der Waals surface area contributed by atoms with Crippen molar-refractivity contribution in [2.75, 3.05) is 19.8 Å². The van der Waals surface area contributed by atoms with Crippen molar-refractivity contribution < 1.29 is 9.47 Å². The molecule has 2 aliphatic heterocycles. The van der Waals surface area contributed by atoms with Crippen LogP contribution in [0.2, 0.25) is 0 Å². The molecule has 1 spiro atoms. The molecule has 2 heterocycles. The van der Waals surface area contributed by atoms with Crippen molar-refractivity contribution in [1.82, 2.24) is 0 Å². The highest BCUT2D eigenvalue weighted by Gasteiger charge is 2.43. The molecule has 2 nitrogen and oxygen atoms in total. The van der Waals surface area contributed by atoms with E-state index >= 15 is 0 Å². The first-order chi connectivity index (χ1) is 5.72. The minimum absolute atomic E-state index is 0.475. The van der Waals surface area contributed by atoms with E-state index in [1.54, 1.807) is 0 Å². The molecule has 1 atom stereocenters. The van der Waals surface area contributed by atoms with E-state index in [0.29, 0.717) is 17.4 Å². The van der Waals surface area contributed by atoms with Crippen molar-refractivity contribution in [3.05, 3.63) is 0 Å². The Hall–Kier alpha value is -0.0800. The van der Waals surface area contributed by atoms with Crippen LogP contribution >= 0.6 is 0 Å². The molecule has 2 heteroatoms. The van der Waals surface area contributed by atoms with Gasteiger partial charge in [0.05, 0.1) is 19.3 Å². The number of ether oxygens (including phenoxy) is 2. The summed E-state index contributed by atoms with van der Waals surface area (Å²) in [6.07, 6.45) is 2.89. The van der Waals surface area contributed by atoms with Crippen molar-refractivity contribution in [3.8, 4) is 0 Å². The number of hydrogen-bond acceptors (Lipinski definition) is 2. The van der Waals surface area contributed by atoms with Gasteiger partial charge in [0.25, 0.3) is 0 Å². The van der Waals surface area contributed by atoms with Crippen LogP contribution in [0.3, 0.4) is 0 Å². The smallest absolute Gasteiger partial charge is 0.0605 e. The first-order valence-corrected chi connectivity index (χ1v) is 4.91. The predicted octanol–water partition coefficient (Wildman–Crippen LogP) is 1.84. The van der Waals surface area contributed by atoms with Gasteiger partial charge < -0.3 is 9.47 Å². The largest absolute Gasteiger partial charge is 0.380 e. The summed E-state index contributed by atoms with van der Waals surface area (Å²) in [5.74, 6) is 0.655. The topological polar surface area (TPSA) is 18.5 Å². The zero-order chi connectivity index (χ0) is 8.60. The Morgan fingerprint density at radius 2 is 2.08 bits per heavy atom. The first-order valence-electron chi connectivity index (χ1n) is 4.91. The summed E-state index contributed by atoms with van der Waals surface area (Å²) in [5.41, 5.74) is 0.507. The molecule has 0 bridgehead atoms. The van der Waals surface area contributed by atoms with Crippen molar-refractivity contribution in [1.29, 1.82) is 0 Å². The fourth-order valence-corrected chi connectivity index (χ4v) is 2.10. The maximum Gasteiger partial charge on any atom is 0.0605 e. The molecule has 0 amide bonds. The summed E-state index contributed by atoms with van der Waals surface area (Å²) >= 11 is 0. The molecule has 2 fully saturated rings. The SMILES string of the molecule is CC(C)C1CC2(CCO1)COC2. The highest BCUT2D eigenvalue weighted by Crippen LogP contribution is 2.41. The lowest BCUT2D eigenvalue weighted by molar-refractivity contribution is -0.184. The van der Waals surface area contributed by atoms with Gasteiger partial charge in [-0.25, -0.2) is 0 Å². The van der Waals surface area contributed by atoms with Gasteiger partial charge in [0.2, 0.25) is 0 Å². The average molecular weight is 170 g/mol. The molecule has 0 radical (unpaired) electrons. The zero-order valence-corrected chi connectivity index (χ0v) is 8.01. The third-order valence-electron chi connectivity index (χ3n) is 3.16. The van der Waals surface area contributed by atoms with E-state index < -0.39 is 0 Å². The van der Waals surface area contributed by atoms with E-state index in [2.05, 4.69) is 13.8 Å². The Kier molecular flexibility index (Phi) is 2.13. The second kappa shape index (κ2) is 3.00. The second-order valence-corrected chi connectivity index (χ2v) is 4.60. The molecule has 0 aromatic rings. The minimum atomic E-state index is 0.475. The number of rotatable bonds is 1. The molecule has 2 rings (SSSR count). The average Bonchev–Trinajstić information content (AvgIpc) is 2.02. The lowest BCUT2D eigenvalue weighted by atomic mass is 9.74. The van der Waals surface area contributed by atoms with Gasteiger partial charge in [0, 0.05) is 12.0 Å². The Labute approximate surface area is 74.2 Å². The monoisotopic (exact) mass is 170 g/mol. The highest BCUT2D eigenvalue weighted by molar-refractivity contribution is 4.91. The lowest BCUT2D eigenvalue weighted by Gasteiger charge is -2.47. The summed E-state index contributed by atoms with van der Waals surface area (Å²) in [7, 11) is 0. The fourth-order valence-electron chi connectivity index (χ4n) is 2.10. The molecule has 0 aromatic heterocycles. The maximum absolute atomic E-state index is 5.71. The van der Waals surface area contributed by atoms with E-state index in [1.165, 1.54) is 12.8 Å². The minimum Gasteiger partial charge on any atom is -0.380 e. The molecule has 0 N–H and O–H groups in total. The quantitative estimate of drug-likeness (QED) is 0.598. The van der Waals surface area contributed by atoms with Crippen LogP contribution in [0.1, 0.15) is 26.7 Å². The van der Waals surface area contributed by atoms with Gasteiger partial charge in [-0.2, -0.15) is 0 Å². The van der Waals surface area contributed by atoms with Crippen LogP contribution in [0, 0.1) is 11.3 Å². The van der Waals surface area contributed by atoms with Gasteiger partial charge in [0.1, 0.15) is 0 Å². The summed E-state index contributed by atoms with van der Waals surface area (Å²) in [4.78, 5) is 0. The van der Waals surface area contributed by atoms with E-state index in [1.807, 2.05) is 0 Å². The molecular weight excluding hydrogens is 152 g/mol. The molecule has 2 aliphatic rings. The molecule has 2 saturated heterocycles. The molecule has 70 valence electrons. The molecule has 12 heavy (non-hydrogen) atoms. The second-order valence-electron chi connectivity index (χ2n) is 4.60. The molecule has 0 aliphatic carbocycles. The molecule has 0 aromatic carbocycles. The number of hydrogen-bond donors (Lipinski definition) is 0. The van der Waals surface area contributed by atoms with Crippen LogP contribution in [0.25, 0.3) is 0 Å². The zero-order valence-electron chi connectivity index (χ0n) is 8.01. The van der Waals surface area contributed by atoms with E-state index in [-0.39, 0.29) is 0 Å². The molecule has 0 saturated carbocycles. The Bertz CT molecular complexity index is 161. The van der Waals surface area contributed by atoms with Crippen LogP contribution in [0.5, 0.6) is 0 Å². The Morgan fingerprint density at radius 3 is 2.58 bits per heavy atom. The van der Waals surface area contributed by atoms with Gasteiger partial charge >= 0.3 is 0 Å². The van der Waals surface area contributed by atoms with E-state index in [4.69, 9.17) is 9.47 Å². The van der Waals surface area contributed by atoms with E-state index in [9.17, 15) is 0 Å². The Balaban J connectivity index is 1.94. The normalized spacial score (nSPS) is 33.8. The van der Waals surface area contributed by atoms with Crippen LogP contribution in [-0.2, 0) is 9.47 Å². The van der Waals surface area contributed by atoms with Crippen molar-refractivity contribution in [2.24, 2.45) is 11.3 Å². The van der Waals surface area contributed by atoms with Gasteiger partial charge in [-0.3, -0.25) is 0 Å². The van der Waals surface area contributed by atoms with Gasteiger partial charge in [-0.05, 0) is 18.8 Å². The van der Waals surface area contributed by atoms with Gasteiger partial charge in [-0.1, -0.05) is 13.8 Å². The third-order valence-corrected chi connectivity index (χ3v) is 3.16. The van der Waals surface area contributed by atoms with E-state index in [0.717, 1.165) is 19.8 Å². The molecular formula is C10H18O2. The van der Waals surface area contributed by atoms with Crippen LogP contribution in [-0.4, -0.2) is 25.9 Å². The van der Waals surface area contributed by atoms with Gasteiger partial charge in [-0.15, -0.1) is 0 Å². The summed E-state index contributed by atoms with van der Waals surface area (Å²) < 4.78 is 11.0.